The van der Waals surface area contributed by atoms with E-state index in [1.807, 2.05) is 17.0 Å². The van der Waals surface area contributed by atoms with Crippen LogP contribution in [0.5, 0.6) is 0 Å². The van der Waals surface area contributed by atoms with E-state index in [1.165, 1.54) is 12.1 Å². The SMILES string of the molecule is O=C(c1ccc(S(=O)(=O)Nc2ccc(Cl)cc2)cc1)N(Cc1ccncc1)C1CC1. The monoisotopic (exact) mass is 441 g/mol. The molecule has 1 saturated carbocycles. The zero-order valence-corrected chi connectivity index (χ0v) is 17.6. The van der Waals surface area contributed by atoms with Crippen molar-refractivity contribution < 1.29 is 13.2 Å². The minimum atomic E-state index is -3.77. The van der Waals surface area contributed by atoms with Crippen molar-refractivity contribution in [3.8, 4) is 0 Å². The van der Waals surface area contributed by atoms with Crippen molar-refractivity contribution in [3.05, 3.63) is 89.2 Å². The summed E-state index contributed by atoms with van der Waals surface area (Å²) in [5, 5.41) is 0.521. The summed E-state index contributed by atoms with van der Waals surface area (Å²) < 4.78 is 27.7. The van der Waals surface area contributed by atoms with E-state index in [9.17, 15) is 13.2 Å². The van der Waals surface area contributed by atoms with E-state index in [2.05, 4.69) is 9.71 Å². The van der Waals surface area contributed by atoms with Crippen LogP contribution in [-0.2, 0) is 16.6 Å². The average molecular weight is 442 g/mol. The van der Waals surface area contributed by atoms with Crippen molar-refractivity contribution in [3.63, 3.8) is 0 Å². The Hall–Kier alpha value is -2.90. The van der Waals surface area contributed by atoms with Crippen LogP contribution in [0.3, 0.4) is 0 Å². The van der Waals surface area contributed by atoms with Crippen molar-refractivity contribution in [1.29, 1.82) is 0 Å². The Morgan fingerprint density at radius 1 is 1.00 bits per heavy atom. The van der Waals surface area contributed by atoms with Gasteiger partial charge in [0.25, 0.3) is 15.9 Å². The minimum Gasteiger partial charge on any atom is -0.331 e. The number of halogens is 1. The molecule has 154 valence electrons. The van der Waals surface area contributed by atoms with Gasteiger partial charge < -0.3 is 4.90 Å². The fraction of sp³-hybridized carbons (Fsp3) is 0.182. The molecule has 0 bridgehead atoms. The van der Waals surface area contributed by atoms with Gasteiger partial charge in [0.2, 0.25) is 0 Å². The van der Waals surface area contributed by atoms with E-state index in [0.717, 1.165) is 18.4 Å². The maximum absolute atomic E-state index is 13.0. The molecule has 0 atom stereocenters. The van der Waals surface area contributed by atoms with Crippen LogP contribution in [0.15, 0.2) is 78.0 Å². The zero-order valence-electron chi connectivity index (χ0n) is 16.0. The van der Waals surface area contributed by atoms with Crippen molar-refractivity contribution in [2.24, 2.45) is 0 Å². The first kappa shape index (κ1) is 20.4. The normalized spacial score (nSPS) is 13.6. The first-order chi connectivity index (χ1) is 14.4. The van der Waals surface area contributed by atoms with Gasteiger partial charge in [0.05, 0.1) is 4.90 Å². The Kier molecular flexibility index (Phi) is 5.74. The number of carbonyl (C=O) groups is 1. The maximum Gasteiger partial charge on any atom is 0.261 e. The molecule has 0 aliphatic heterocycles. The van der Waals surface area contributed by atoms with Gasteiger partial charge in [-0.2, -0.15) is 0 Å². The van der Waals surface area contributed by atoms with Gasteiger partial charge >= 0.3 is 0 Å². The van der Waals surface area contributed by atoms with E-state index < -0.39 is 10.0 Å². The highest BCUT2D eigenvalue weighted by Gasteiger charge is 2.33. The molecular formula is C22H20ClN3O3S. The lowest BCUT2D eigenvalue weighted by molar-refractivity contribution is 0.0730. The molecule has 4 rings (SSSR count). The highest BCUT2D eigenvalue weighted by Crippen LogP contribution is 2.30. The van der Waals surface area contributed by atoms with Crippen LogP contribution in [0.4, 0.5) is 5.69 Å². The smallest absolute Gasteiger partial charge is 0.261 e. The molecule has 1 N–H and O–H groups in total. The Morgan fingerprint density at radius 3 is 2.23 bits per heavy atom. The number of rotatable bonds is 7. The van der Waals surface area contributed by atoms with E-state index in [1.54, 1.807) is 48.8 Å². The molecule has 0 radical (unpaired) electrons. The Labute approximate surface area is 180 Å². The molecule has 2 aromatic carbocycles. The van der Waals surface area contributed by atoms with Crippen LogP contribution in [0, 0.1) is 0 Å². The summed E-state index contributed by atoms with van der Waals surface area (Å²) in [6.07, 6.45) is 5.37. The average Bonchev–Trinajstić information content (AvgIpc) is 3.59. The molecule has 0 unspecified atom stereocenters. The standard InChI is InChI=1S/C22H20ClN3O3S/c23-18-3-5-19(6-4-18)25-30(28,29)21-9-1-17(2-10-21)22(27)26(20-7-8-20)15-16-11-13-24-14-12-16/h1-6,9-14,20,25H,7-8,15H2. The maximum atomic E-state index is 13.0. The van der Waals surface area contributed by atoms with Crippen LogP contribution in [0.2, 0.25) is 5.02 Å². The molecule has 1 fully saturated rings. The van der Waals surface area contributed by atoms with Crippen LogP contribution in [0.25, 0.3) is 0 Å². The molecule has 6 nitrogen and oxygen atoms in total. The predicted molar refractivity (Wildman–Crippen MR) is 116 cm³/mol. The first-order valence-electron chi connectivity index (χ1n) is 9.51. The third-order valence-electron chi connectivity index (χ3n) is 4.86. The van der Waals surface area contributed by atoms with Gasteiger partial charge in [-0.15, -0.1) is 0 Å². The van der Waals surface area contributed by atoms with Gasteiger partial charge in [0.1, 0.15) is 0 Å². The fourth-order valence-corrected chi connectivity index (χ4v) is 4.30. The number of carbonyl (C=O) groups excluding carboxylic acids is 1. The molecule has 1 heterocycles. The second kappa shape index (κ2) is 8.45. The number of benzene rings is 2. The number of sulfonamides is 1. The summed E-state index contributed by atoms with van der Waals surface area (Å²) >= 11 is 5.83. The number of aromatic nitrogens is 1. The molecule has 0 saturated heterocycles. The lowest BCUT2D eigenvalue weighted by Crippen LogP contribution is -2.32. The van der Waals surface area contributed by atoms with Crippen LogP contribution < -0.4 is 4.72 Å². The van der Waals surface area contributed by atoms with Crippen molar-refractivity contribution >= 4 is 33.2 Å². The predicted octanol–water partition coefficient (Wildman–Crippen LogP) is 4.34. The van der Waals surface area contributed by atoms with E-state index in [0.29, 0.717) is 22.8 Å². The summed E-state index contributed by atoms with van der Waals surface area (Å²) in [7, 11) is -3.77. The molecule has 30 heavy (non-hydrogen) atoms. The van der Waals surface area contributed by atoms with Crippen molar-refractivity contribution in [2.75, 3.05) is 4.72 Å². The van der Waals surface area contributed by atoms with Gasteiger partial charge in [0, 0.05) is 41.3 Å². The molecule has 3 aromatic rings. The Balaban J connectivity index is 1.50. The lowest BCUT2D eigenvalue weighted by atomic mass is 10.1. The van der Waals surface area contributed by atoms with Gasteiger partial charge in [-0.05, 0) is 79.1 Å². The van der Waals surface area contributed by atoms with E-state index in [4.69, 9.17) is 11.6 Å². The summed E-state index contributed by atoms with van der Waals surface area (Å²) in [4.78, 5) is 19.0. The van der Waals surface area contributed by atoms with Gasteiger partial charge in [-0.1, -0.05) is 11.6 Å². The van der Waals surface area contributed by atoms with Gasteiger partial charge in [0.15, 0.2) is 0 Å². The zero-order chi connectivity index (χ0) is 21.1. The molecule has 1 aliphatic carbocycles. The quantitative estimate of drug-likeness (QED) is 0.591. The number of anilines is 1. The third kappa shape index (κ3) is 4.80. The number of nitrogens with one attached hydrogen (secondary N) is 1. The topological polar surface area (TPSA) is 79.4 Å². The molecule has 1 aliphatic rings. The third-order valence-corrected chi connectivity index (χ3v) is 6.51. The number of hydrogen-bond donors (Lipinski definition) is 1. The second-order valence-corrected chi connectivity index (χ2v) is 9.28. The number of pyridine rings is 1. The molecule has 8 heteroatoms. The minimum absolute atomic E-state index is 0.0844. The summed E-state index contributed by atoms with van der Waals surface area (Å²) in [6, 6.07) is 16.4. The molecular weight excluding hydrogens is 422 g/mol. The van der Waals surface area contributed by atoms with Crippen LogP contribution >= 0.6 is 11.6 Å². The number of hydrogen-bond acceptors (Lipinski definition) is 4. The number of amides is 1. The van der Waals surface area contributed by atoms with Crippen LogP contribution in [0.1, 0.15) is 28.8 Å². The highest BCUT2D eigenvalue weighted by atomic mass is 35.5. The Morgan fingerprint density at radius 2 is 1.63 bits per heavy atom. The molecule has 1 amide bonds. The second-order valence-electron chi connectivity index (χ2n) is 7.16. The summed E-state index contributed by atoms with van der Waals surface area (Å²) in [6.45, 7) is 0.504. The largest absolute Gasteiger partial charge is 0.331 e. The first-order valence-corrected chi connectivity index (χ1v) is 11.4. The van der Waals surface area contributed by atoms with Gasteiger partial charge in [-0.25, -0.2) is 8.42 Å². The van der Waals surface area contributed by atoms with Gasteiger partial charge in [-0.3, -0.25) is 14.5 Å². The van der Waals surface area contributed by atoms with E-state index >= 15 is 0 Å². The van der Waals surface area contributed by atoms with E-state index in [-0.39, 0.29) is 16.8 Å². The summed E-state index contributed by atoms with van der Waals surface area (Å²) in [5.41, 5.74) is 1.88. The fourth-order valence-electron chi connectivity index (χ4n) is 3.11. The number of nitrogens with zero attached hydrogens (tertiary/aromatic N) is 2. The Bertz CT molecular complexity index is 1130. The van der Waals surface area contributed by atoms with Crippen molar-refractivity contribution in [1.82, 2.24) is 9.88 Å². The van der Waals surface area contributed by atoms with Crippen LogP contribution in [-0.4, -0.2) is 30.3 Å². The summed E-state index contributed by atoms with van der Waals surface area (Å²) in [5.74, 6) is -0.107. The lowest BCUT2D eigenvalue weighted by Gasteiger charge is -2.22. The molecule has 0 spiro atoms. The van der Waals surface area contributed by atoms with Crippen molar-refractivity contribution in [2.45, 2.75) is 30.3 Å². The highest BCUT2D eigenvalue weighted by molar-refractivity contribution is 7.92. The molecule has 1 aromatic heterocycles.